The number of methoxy groups -OCH3 is 1. The SMILES string of the molecule is CCN(CC)C(C(=O)N1CCC[C@H]1c1ncc(-c2ccc3cc(-c4ccc(-c5cnc(C6CCCN6C(=O)[C@@H](NC(=O)OC)C(C)C)[nH]5)cc4)ccc3c2)[nH]1)c1ccccc1. The average Bonchev–Trinajstić information content (AvgIpc) is 4.14. The van der Waals surface area contributed by atoms with Crippen LogP contribution in [0.1, 0.15) is 88.7 Å². The van der Waals surface area contributed by atoms with Gasteiger partial charge in [0.15, 0.2) is 0 Å². The molecule has 2 aliphatic rings. The second-order valence-electron chi connectivity index (χ2n) is 16.5. The predicted molar refractivity (Wildman–Crippen MR) is 238 cm³/mol. The molecule has 6 aromatic rings. The summed E-state index contributed by atoms with van der Waals surface area (Å²) in [5, 5.41) is 4.97. The van der Waals surface area contributed by atoms with Crippen LogP contribution in [0.4, 0.5) is 4.79 Å². The molecule has 3 amide bonds. The first-order chi connectivity index (χ1) is 29.7. The number of alkyl carbamates (subject to hydrolysis) is 1. The predicted octanol–water partition coefficient (Wildman–Crippen LogP) is 9.08. The van der Waals surface area contributed by atoms with E-state index in [1.807, 2.05) is 54.2 Å². The van der Waals surface area contributed by atoms with Crippen molar-refractivity contribution < 1.29 is 19.1 Å². The molecule has 61 heavy (non-hydrogen) atoms. The number of rotatable bonds is 13. The highest BCUT2D eigenvalue weighted by molar-refractivity contribution is 5.91. The number of benzene rings is 4. The number of hydrogen-bond acceptors (Lipinski definition) is 7. The fraction of sp³-hybridized carbons (Fsp3) is 0.367. The van der Waals surface area contributed by atoms with Crippen molar-refractivity contribution in [2.24, 2.45) is 5.92 Å². The van der Waals surface area contributed by atoms with E-state index in [0.29, 0.717) is 6.54 Å². The van der Waals surface area contributed by atoms with Crippen molar-refractivity contribution in [2.75, 3.05) is 33.3 Å². The molecule has 12 nitrogen and oxygen atoms in total. The molecule has 316 valence electrons. The molecule has 0 spiro atoms. The van der Waals surface area contributed by atoms with Gasteiger partial charge >= 0.3 is 6.09 Å². The number of imidazole rings is 2. The van der Waals surface area contributed by atoms with Crippen LogP contribution >= 0.6 is 0 Å². The van der Waals surface area contributed by atoms with Crippen molar-refractivity contribution in [3.8, 4) is 33.6 Å². The Kier molecular flexibility index (Phi) is 12.3. The zero-order valence-electron chi connectivity index (χ0n) is 35.7. The molecule has 2 unspecified atom stereocenters. The van der Waals surface area contributed by atoms with Crippen LogP contribution in [0.3, 0.4) is 0 Å². The molecule has 2 saturated heterocycles. The Balaban J connectivity index is 0.947. The second kappa shape index (κ2) is 18.1. The summed E-state index contributed by atoms with van der Waals surface area (Å²) in [6.45, 7) is 11.0. The Hall–Kier alpha value is -6.27. The van der Waals surface area contributed by atoms with Gasteiger partial charge in [-0.15, -0.1) is 0 Å². The maximum atomic E-state index is 14.3. The molecule has 3 N–H and O–H groups in total. The van der Waals surface area contributed by atoms with E-state index < -0.39 is 12.1 Å². The summed E-state index contributed by atoms with van der Waals surface area (Å²) in [5.41, 5.74) is 7.11. The van der Waals surface area contributed by atoms with E-state index in [1.165, 1.54) is 7.11 Å². The maximum Gasteiger partial charge on any atom is 0.407 e. The van der Waals surface area contributed by atoms with Crippen molar-refractivity contribution in [1.29, 1.82) is 0 Å². The number of hydrogen-bond donors (Lipinski definition) is 3. The summed E-state index contributed by atoms with van der Waals surface area (Å²) >= 11 is 0. The quantitative estimate of drug-likeness (QED) is 0.106. The summed E-state index contributed by atoms with van der Waals surface area (Å²) in [5.74, 6) is 1.48. The zero-order chi connectivity index (χ0) is 42.6. The number of carbonyl (C=O) groups is 3. The molecule has 0 saturated carbocycles. The van der Waals surface area contributed by atoms with Crippen LogP contribution in [0.25, 0.3) is 44.4 Å². The van der Waals surface area contributed by atoms with Crippen LogP contribution in [0, 0.1) is 5.92 Å². The lowest BCUT2D eigenvalue weighted by atomic mass is 9.98. The molecule has 4 aromatic carbocycles. The minimum absolute atomic E-state index is 0.0954. The number of nitrogens with zero attached hydrogens (tertiary/aromatic N) is 5. The Morgan fingerprint density at radius 1 is 0.721 bits per heavy atom. The summed E-state index contributed by atoms with van der Waals surface area (Å²) in [7, 11) is 1.30. The minimum Gasteiger partial charge on any atom is -0.453 e. The van der Waals surface area contributed by atoms with Crippen LogP contribution in [0.15, 0.2) is 103 Å². The summed E-state index contributed by atoms with van der Waals surface area (Å²) < 4.78 is 4.78. The van der Waals surface area contributed by atoms with Crippen LogP contribution in [-0.2, 0) is 14.3 Å². The number of H-pyrrole nitrogens is 2. The third-order valence-corrected chi connectivity index (χ3v) is 12.5. The van der Waals surface area contributed by atoms with Gasteiger partial charge < -0.3 is 29.8 Å². The Labute approximate surface area is 357 Å². The fourth-order valence-corrected chi connectivity index (χ4v) is 9.14. The van der Waals surface area contributed by atoms with Gasteiger partial charge in [-0.25, -0.2) is 14.8 Å². The van der Waals surface area contributed by atoms with Crippen molar-refractivity contribution in [2.45, 2.75) is 77.5 Å². The lowest BCUT2D eigenvalue weighted by Gasteiger charge is -2.34. The molecule has 0 aliphatic carbocycles. The normalized spacial score (nSPS) is 17.6. The van der Waals surface area contributed by atoms with Gasteiger partial charge in [-0.3, -0.25) is 14.5 Å². The number of aromatic nitrogens is 4. The number of likely N-dealkylation sites (tertiary alicyclic amines) is 2. The molecule has 0 bridgehead atoms. The molecule has 2 aromatic heterocycles. The average molecular weight is 821 g/mol. The molecule has 12 heteroatoms. The molecule has 2 fully saturated rings. The van der Waals surface area contributed by atoms with Gasteiger partial charge in [0.05, 0.1) is 43.0 Å². The van der Waals surface area contributed by atoms with Crippen LogP contribution < -0.4 is 5.32 Å². The third kappa shape index (κ3) is 8.54. The number of amides is 3. The van der Waals surface area contributed by atoms with Crippen LogP contribution in [0.5, 0.6) is 0 Å². The third-order valence-electron chi connectivity index (χ3n) is 12.5. The number of aromatic amines is 2. The molecule has 8 rings (SSSR count). The largest absolute Gasteiger partial charge is 0.453 e. The van der Waals surface area contributed by atoms with Crippen molar-refractivity contribution in [3.63, 3.8) is 0 Å². The topological polar surface area (TPSA) is 140 Å². The number of ether oxygens (including phenoxy) is 1. The van der Waals surface area contributed by atoms with Gasteiger partial charge in [0.25, 0.3) is 0 Å². The zero-order valence-corrected chi connectivity index (χ0v) is 35.7. The van der Waals surface area contributed by atoms with Gasteiger partial charge in [0, 0.05) is 18.7 Å². The van der Waals surface area contributed by atoms with E-state index in [0.717, 1.165) is 107 Å². The summed E-state index contributed by atoms with van der Waals surface area (Å²) in [6.07, 6.45) is 6.58. The van der Waals surface area contributed by atoms with Crippen molar-refractivity contribution in [1.82, 2.24) is 40.0 Å². The van der Waals surface area contributed by atoms with Gasteiger partial charge in [0.1, 0.15) is 23.7 Å². The van der Waals surface area contributed by atoms with Gasteiger partial charge in [-0.2, -0.15) is 0 Å². The second-order valence-corrected chi connectivity index (χ2v) is 16.5. The number of fused-ring (bicyclic) bond motifs is 1. The van der Waals surface area contributed by atoms with Crippen molar-refractivity contribution >= 4 is 28.7 Å². The fourth-order valence-electron chi connectivity index (χ4n) is 9.14. The lowest BCUT2D eigenvalue weighted by molar-refractivity contribution is -0.138. The van der Waals surface area contributed by atoms with Crippen LogP contribution in [0.2, 0.25) is 0 Å². The first-order valence-electron chi connectivity index (χ1n) is 21.7. The number of likely N-dealkylation sites (N-methyl/N-ethyl adjacent to an activating group) is 1. The number of nitrogens with one attached hydrogen (secondary N) is 3. The lowest BCUT2D eigenvalue weighted by Crippen LogP contribution is -2.51. The Bertz CT molecular complexity index is 2470. The number of carbonyl (C=O) groups excluding carboxylic acids is 3. The summed E-state index contributed by atoms with van der Waals surface area (Å²) in [6, 6.07) is 30.3. The van der Waals surface area contributed by atoms with Crippen molar-refractivity contribution in [3.05, 3.63) is 121 Å². The molecular weight excluding hydrogens is 765 g/mol. The van der Waals surface area contributed by atoms with Gasteiger partial charge in [0.2, 0.25) is 11.8 Å². The standard InChI is InChI=1S/C49H56N8O4/c1-6-55(7-2)44(34-13-9-8-10-14-34)48(59)57-26-12-16-42(57)46-51-30-40(53-46)38-24-23-36-27-35(21-22-37(36)28-38)32-17-19-33(20-18-32)39-29-50-45(52-39)41-15-11-25-56(41)47(58)43(31(3)4)54-49(60)61-5/h8-10,13-14,17-24,27-31,41-44H,6-7,11-12,15-16,25-26H2,1-5H3,(H,50,52)(H,51,53)(H,54,60)/t41?,42-,43-,44?/m0/s1. The Morgan fingerprint density at radius 2 is 1.25 bits per heavy atom. The maximum absolute atomic E-state index is 14.3. The van der Waals surface area contributed by atoms with E-state index in [-0.39, 0.29) is 35.9 Å². The highest BCUT2D eigenvalue weighted by Crippen LogP contribution is 2.37. The molecule has 0 radical (unpaired) electrons. The smallest absolute Gasteiger partial charge is 0.407 e. The van der Waals surface area contributed by atoms with E-state index in [1.54, 1.807) is 0 Å². The van der Waals surface area contributed by atoms with Gasteiger partial charge in [-0.1, -0.05) is 107 Å². The highest BCUT2D eigenvalue weighted by Gasteiger charge is 2.39. The minimum atomic E-state index is -0.679. The highest BCUT2D eigenvalue weighted by atomic mass is 16.5. The Morgan fingerprint density at radius 3 is 1.82 bits per heavy atom. The molecule has 4 heterocycles. The van der Waals surface area contributed by atoms with E-state index in [9.17, 15) is 14.4 Å². The molecule has 2 aliphatic heterocycles. The first kappa shape index (κ1) is 41.5. The first-order valence-corrected chi connectivity index (χ1v) is 21.7. The van der Waals surface area contributed by atoms with Gasteiger partial charge in [-0.05, 0) is 89.8 Å². The molecule has 4 atom stereocenters. The van der Waals surface area contributed by atoms with E-state index in [4.69, 9.17) is 14.7 Å². The summed E-state index contributed by atoms with van der Waals surface area (Å²) in [4.78, 5) is 62.6. The van der Waals surface area contributed by atoms with E-state index >= 15 is 0 Å². The monoisotopic (exact) mass is 820 g/mol. The molecular formula is C49H56N8O4. The van der Waals surface area contributed by atoms with E-state index in [2.05, 4.69) is 107 Å². The van der Waals surface area contributed by atoms with Crippen LogP contribution in [-0.4, -0.2) is 91.9 Å².